The Balaban J connectivity index is 1.62. The van der Waals surface area contributed by atoms with E-state index in [4.69, 9.17) is 23.7 Å². The Kier molecular flexibility index (Phi) is 4.36. The molecule has 164 valence electrons. The van der Waals surface area contributed by atoms with Crippen molar-refractivity contribution in [3.63, 3.8) is 0 Å². The lowest BCUT2D eigenvalue weighted by Gasteiger charge is -2.43. The quantitative estimate of drug-likeness (QED) is 0.752. The number of ether oxygens (including phenoxy) is 5. The van der Waals surface area contributed by atoms with Gasteiger partial charge in [-0.1, -0.05) is 0 Å². The first-order valence-corrected chi connectivity index (χ1v) is 10.1. The normalized spacial score (nSPS) is 27.4. The van der Waals surface area contributed by atoms with Crippen LogP contribution < -0.4 is 23.7 Å². The Morgan fingerprint density at radius 2 is 1.77 bits per heavy atom. The molecule has 0 aliphatic carbocycles. The van der Waals surface area contributed by atoms with Crippen LogP contribution in [0.4, 0.5) is 0 Å². The summed E-state index contributed by atoms with van der Waals surface area (Å²) in [6.45, 7) is 3.53. The fraction of sp³-hybridized carbons (Fsp3) is 0.435. The highest BCUT2D eigenvalue weighted by molar-refractivity contribution is 6.06. The van der Waals surface area contributed by atoms with Crippen LogP contribution in [0.15, 0.2) is 24.3 Å². The molecule has 0 fully saturated rings. The lowest BCUT2D eigenvalue weighted by Crippen LogP contribution is -2.49. The van der Waals surface area contributed by atoms with E-state index < -0.39 is 29.8 Å². The van der Waals surface area contributed by atoms with Crippen molar-refractivity contribution in [2.75, 3.05) is 20.8 Å². The lowest BCUT2D eigenvalue weighted by atomic mass is 9.79. The topological polar surface area (TPSA) is 104 Å². The molecule has 4 atom stereocenters. The zero-order chi connectivity index (χ0) is 22.1. The first-order chi connectivity index (χ1) is 14.8. The zero-order valence-corrected chi connectivity index (χ0v) is 17.7. The molecule has 8 nitrogen and oxygen atoms in total. The Bertz CT molecular complexity index is 1080. The molecule has 2 aromatic carbocycles. The van der Waals surface area contributed by atoms with Crippen LogP contribution in [0.5, 0.6) is 28.7 Å². The highest BCUT2D eigenvalue weighted by atomic mass is 16.5. The molecule has 2 aromatic rings. The zero-order valence-electron chi connectivity index (χ0n) is 17.7. The SMILES string of the molecule is COc1cc2c(cc1OC)[C@@H]1C(=O)c3ccc4c(c3O[C@@H]1CO2)[C@H](O)[C@H](O)C(C)(C)O4. The van der Waals surface area contributed by atoms with Crippen LogP contribution in [-0.4, -0.2) is 54.6 Å². The first kappa shape index (κ1) is 20.0. The van der Waals surface area contributed by atoms with Gasteiger partial charge in [0.2, 0.25) is 0 Å². The van der Waals surface area contributed by atoms with Gasteiger partial charge < -0.3 is 33.9 Å². The number of fused-ring (bicyclic) bond motifs is 6. The van der Waals surface area contributed by atoms with E-state index in [0.29, 0.717) is 34.1 Å². The maximum atomic E-state index is 13.6. The van der Waals surface area contributed by atoms with Crippen molar-refractivity contribution in [3.8, 4) is 28.7 Å². The summed E-state index contributed by atoms with van der Waals surface area (Å²) >= 11 is 0. The van der Waals surface area contributed by atoms with Gasteiger partial charge in [0, 0.05) is 11.6 Å². The molecule has 0 spiro atoms. The molecule has 3 aliphatic heterocycles. The molecule has 0 saturated carbocycles. The van der Waals surface area contributed by atoms with E-state index in [0.717, 1.165) is 0 Å². The standard InChI is InChI=1S/C23H24O8/c1-23(2)22(26)20(25)18-12(31-23)6-5-10-19(24)17-11-7-14(27-3)15(28-4)8-13(11)29-9-16(17)30-21(10)18/h5-8,16-17,20,22,25-26H,9H2,1-4H3/t16-,17+,20+,22+/m1/s1. The second-order valence-corrected chi connectivity index (χ2v) is 8.50. The summed E-state index contributed by atoms with van der Waals surface area (Å²) < 4.78 is 28.7. The molecule has 2 N–H and O–H groups in total. The van der Waals surface area contributed by atoms with Gasteiger partial charge in [0.15, 0.2) is 17.3 Å². The molecule has 0 radical (unpaired) electrons. The number of hydrogen-bond donors (Lipinski definition) is 2. The number of Topliss-reactive ketones (excluding diaryl/α,β-unsaturated/α-hetero) is 1. The first-order valence-electron chi connectivity index (χ1n) is 10.1. The van der Waals surface area contributed by atoms with Crippen molar-refractivity contribution >= 4 is 5.78 Å². The number of aliphatic hydroxyl groups is 2. The van der Waals surface area contributed by atoms with E-state index in [1.165, 1.54) is 14.2 Å². The minimum atomic E-state index is -1.25. The summed E-state index contributed by atoms with van der Waals surface area (Å²) in [7, 11) is 3.06. The average molecular weight is 428 g/mol. The molecule has 8 heteroatoms. The molecule has 5 rings (SSSR count). The number of hydrogen-bond acceptors (Lipinski definition) is 8. The summed E-state index contributed by atoms with van der Waals surface area (Å²) in [6.07, 6.45) is -3.03. The van der Waals surface area contributed by atoms with Crippen LogP contribution in [0, 0.1) is 0 Å². The number of carbonyl (C=O) groups excluding carboxylic acids is 1. The van der Waals surface area contributed by atoms with E-state index in [2.05, 4.69) is 0 Å². The van der Waals surface area contributed by atoms with E-state index >= 15 is 0 Å². The van der Waals surface area contributed by atoms with Crippen LogP contribution in [0.1, 0.15) is 47.4 Å². The molecule has 31 heavy (non-hydrogen) atoms. The van der Waals surface area contributed by atoms with Crippen molar-refractivity contribution < 1.29 is 38.7 Å². The summed E-state index contributed by atoms with van der Waals surface area (Å²) in [4.78, 5) is 13.6. The van der Waals surface area contributed by atoms with Gasteiger partial charge in [-0.2, -0.15) is 0 Å². The molecule has 0 aromatic heterocycles. The highest BCUT2D eigenvalue weighted by Crippen LogP contribution is 2.52. The van der Waals surface area contributed by atoms with Gasteiger partial charge in [0.25, 0.3) is 0 Å². The Labute approximate surface area is 179 Å². The van der Waals surface area contributed by atoms with Crippen molar-refractivity contribution in [2.45, 2.75) is 43.7 Å². The van der Waals surface area contributed by atoms with Gasteiger partial charge in [-0.05, 0) is 32.0 Å². The number of aliphatic hydroxyl groups excluding tert-OH is 2. The second kappa shape index (κ2) is 6.77. The molecule has 0 amide bonds. The van der Waals surface area contributed by atoms with Gasteiger partial charge in [-0.3, -0.25) is 4.79 Å². The van der Waals surface area contributed by atoms with Gasteiger partial charge in [-0.15, -0.1) is 0 Å². The van der Waals surface area contributed by atoms with E-state index in [1.54, 1.807) is 38.1 Å². The number of rotatable bonds is 2. The summed E-state index contributed by atoms with van der Waals surface area (Å²) in [5.41, 5.74) is 0.288. The van der Waals surface area contributed by atoms with E-state index in [1.807, 2.05) is 0 Å². The van der Waals surface area contributed by atoms with E-state index in [9.17, 15) is 15.0 Å². The van der Waals surface area contributed by atoms with Crippen molar-refractivity contribution in [3.05, 3.63) is 41.0 Å². The molecular formula is C23H24O8. The predicted octanol–water partition coefficient (Wildman–Crippen LogP) is 2.39. The van der Waals surface area contributed by atoms with Gasteiger partial charge in [0.1, 0.15) is 47.8 Å². The van der Waals surface area contributed by atoms with Crippen LogP contribution in [0.2, 0.25) is 0 Å². The number of benzene rings is 2. The van der Waals surface area contributed by atoms with E-state index in [-0.39, 0.29) is 23.7 Å². The molecule has 0 bridgehead atoms. The van der Waals surface area contributed by atoms with Crippen LogP contribution in [0.25, 0.3) is 0 Å². The van der Waals surface area contributed by atoms with Gasteiger partial charge >= 0.3 is 0 Å². The summed E-state index contributed by atoms with van der Waals surface area (Å²) in [6, 6.07) is 6.72. The largest absolute Gasteiger partial charge is 0.493 e. The van der Waals surface area contributed by atoms with Crippen LogP contribution >= 0.6 is 0 Å². The lowest BCUT2D eigenvalue weighted by molar-refractivity contribution is -0.113. The summed E-state index contributed by atoms with van der Waals surface area (Å²) in [5, 5.41) is 21.3. The summed E-state index contributed by atoms with van der Waals surface area (Å²) in [5.74, 6) is 1.40. The number of methoxy groups -OCH3 is 2. The third-order valence-electron chi connectivity index (χ3n) is 6.28. The minimum Gasteiger partial charge on any atom is -0.493 e. The van der Waals surface area contributed by atoms with Gasteiger partial charge in [-0.25, -0.2) is 0 Å². The Morgan fingerprint density at radius 3 is 2.48 bits per heavy atom. The predicted molar refractivity (Wildman–Crippen MR) is 109 cm³/mol. The van der Waals surface area contributed by atoms with Crippen molar-refractivity contribution in [1.82, 2.24) is 0 Å². The minimum absolute atomic E-state index is 0.146. The third kappa shape index (κ3) is 2.78. The second-order valence-electron chi connectivity index (χ2n) is 8.50. The molecule has 3 aliphatic rings. The van der Waals surface area contributed by atoms with Crippen LogP contribution in [-0.2, 0) is 0 Å². The van der Waals surface area contributed by atoms with Crippen LogP contribution in [0.3, 0.4) is 0 Å². The fourth-order valence-electron chi connectivity index (χ4n) is 4.60. The fourth-order valence-corrected chi connectivity index (χ4v) is 4.60. The average Bonchev–Trinajstić information content (AvgIpc) is 2.75. The maximum Gasteiger partial charge on any atom is 0.178 e. The molecule has 0 unspecified atom stereocenters. The van der Waals surface area contributed by atoms with Crippen molar-refractivity contribution in [1.29, 1.82) is 0 Å². The Hall–Kier alpha value is -2.97. The highest BCUT2D eigenvalue weighted by Gasteiger charge is 2.49. The molecule has 0 saturated heterocycles. The number of ketones is 1. The van der Waals surface area contributed by atoms with Crippen molar-refractivity contribution in [2.24, 2.45) is 0 Å². The third-order valence-corrected chi connectivity index (χ3v) is 6.28. The maximum absolute atomic E-state index is 13.6. The number of carbonyl (C=O) groups is 1. The molecule has 3 heterocycles. The smallest absolute Gasteiger partial charge is 0.178 e. The Morgan fingerprint density at radius 1 is 1.06 bits per heavy atom. The molecular weight excluding hydrogens is 404 g/mol. The van der Waals surface area contributed by atoms with Gasteiger partial charge in [0.05, 0.1) is 31.3 Å². The monoisotopic (exact) mass is 428 g/mol.